The molecule has 0 aromatic carbocycles. The summed E-state index contributed by atoms with van der Waals surface area (Å²) < 4.78 is 31.1. The number of esters is 1. The summed E-state index contributed by atoms with van der Waals surface area (Å²) in [6.45, 7) is 25.8. The van der Waals surface area contributed by atoms with Crippen LogP contribution >= 0.6 is 0 Å². The van der Waals surface area contributed by atoms with E-state index in [1.54, 1.807) is 0 Å². The van der Waals surface area contributed by atoms with Crippen molar-refractivity contribution in [3.8, 4) is 0 Å². The number of carbonyl (C=O) groups excluding carboxylic acids is 1. The third-order valence-corrected chi connectivity index (χ3v) is 7.61. The number of cyclic esters (lactones) is 1. The third-order valence-electron chi connectivity index (χ3n) is 3.63. The summed E-state index contributed by atoms with van der Waals surface area (Å²) in [5, 5.41) is 0. The van der Waals surface area contributed by atoms with E-state index < -0.39 is 51.6 Å². The maximum atomic E-state index is 12.8. The van der Waals surface area contributed by atoms with Crippen LogP contribution in [0.1, 0.15) is 0 Å². The molecule has 1 heterocycles. The molecule has 0 N–H and O–H groups in total. The van der Waals surface area contributed by atoms with Gasteiger partial charge in [-0.05, 0) is 78.6 Å². The van der Waals surface area contributed by atoms with E-state index in [1.165, 1.54) is 0 Å². The normalized spacial score (nSPS) is 25.7. The Hall–Kier alpha value is 0.178. The highest BCUT2D eigenvalue weighted by molar-refractivity contribution is 6.71. The molecule has 0 bridgehead atoms. The second-order valence-electron chi connectivity index (χ2n) is 11.4. The monoisotopic (exact) mass is 466 g/mol. The van der Waals surface area contributed by atoms with Crippen molar-refractivity contribution in [2.24, 2.45) is 0 Å². The largest absolute Gasteiger partial charge is 0.455 e. The molecule has 0 aromatic rings. The van der Waals surface area contributed by atoms with Crippen LogP contribution in [0.2, 0.25) is 78.6 Å². The number of hydrogen-bond acceptors (Lipinski definition) is 6. The van der Waals surface area contributed by atoms with E-state index in [2.05, 4.69) is 78.6 Å². The average molecular weight is 467 g/mol. The summed E-state index contributed by atoms with van der Waals surface area (Å²) in [6, 6.07) is 0. The van der Waals surface area contributed by atoms with Crippen molar-refractivity contribution < 1.29 is 27.2 Å². The molecule has 0 radical (unpaired) electrons. The minimum atomic E-state index is -1.96. The lowest BCUT2D eigenvalue weighted by Crippen LogP contribution is -2.53. The summed E-state index contributed by atoms with van der Waals surface area (Å²) in [7, 11) is -7.56. The lowest BCUT2D eigenvalue weighted by Gasteiger charge is -2.36. The zero-order valence-corrected chi connectivity index (χ0v) is 24.0. The first-order valence-electron chi connectivity index (χ1n) is 10.2. The first-order valence-corrected chi connectivity index (χ1v) is 23.8. The van der Waals surface area contributed by atoms with Gasteiger partial charge in [0, 0.05) is 0 Å². The van der Waals surface area contributed by atoms with Gasteiger partial charge in [-0.25, -0.2) is 4.79 Å². The molecule has 166 valence electrons. The van der Waals surface area contributed by atoms with E-state index in [-0.39, 0.29) is 12.1 Å². The Bertz CT molecular complexity index is 530. The summed E-state index contributed by atoms with van der Waals surface area (Å²) in [4.78, 5) is 12.8. The molecular formula is C18H42O6Si4. The Morgan fingerprint density at radius 1 is 0.786 bits per heavy atom. The van der Waals surface area contributed by atoms with Gasteiger partial charge in [-0.1, -0.05) is 0 Å². The topological polar surface area (TPSA) is 63.2 Å². The van der Waals surface area contributed by atoms with Crippen LogP contribution < -0.4 is 0 Å². The van der Waals surface area contributed by atoms with Gasteiger partial charge in [0.25, 0.3) is 0 Å². The summed E-state index contributed by atoms with van der Waals surface area (Å²) >= 11 is 0. The smallest absolute Gasteiger partial charge is 0.337 e. The van der Waals surface area contributed by atoms with Crippen LogP contribution in [-0.4, -0.2) is 70.3 Å². The molecule has 0 spiro atoms. The van der Waals surface area contributed by atoms with Gasteiger partial charge < -0.3 is 22.4 Å². The second kappa shape index (κ2) is 9.12. The Morgan fingerprint density at radius 3 is 1.68 bits per heavy atom. The SMILES string of the molecule is C[Si](C)(C)OCC(O[Si](C)(C)C)C1OC(=O)[C@H](O[Si](C)(C)C)[C@@H]1O[Si](C)(C)C. The highest BCUT2D eigenvalue weighted by Gasteiger charge is 2.53. The van der Waals surface area contributed by atoms with Crippen molar-refractivity contribution in [2.45, 2.75) is 103 Å². The molecule has 1 fully saturated rings. The fourth-order valence-corrected chi connectivity index (χ4v) is 6.72. The van der Waals surface area contributed by atoms with E-state index >= 15 is 0 Å². The quantitative estimate of drug-likeness (QED) is 0.351. The number of ether oxygens (including phenoxy) is 1. The maximum Gasteiger partial charge on any atom is 0.337 e. The molecule has 2 unspecified atom stereocenters. The van der Waals surface area contributed by atoms with Crippen LogP contribution in [0, 0.1) is 0 Å². The van der Waals surface area contributed by atoms with Crippen molar-refractivity contribution in [3.05, 3.63) is 0 Å². The molecule has 1 aliphatic heterocycles. The molecule has 0 saturated carbocycles. The zero-order chi connectivity index (χ0) is 22.1. The predicted molar refractivity (Wildman–Crippen MR) is 124 cm³/mol. The first-order chi connectivity index (χ1) is 12.3. The molecular weight excluding hydrogens is 425 g/mol. The average Bonchev–Trinajstić information content (AvgIpc) is 2.66. The highest BCUT2D eigenvalue weighted by Crippen LogP contribution is 2.31. The molecule has 1 aliphatic rings. The molecule has 0 aromatic heterocycles. The van der Waals surface area contributed by atoms with Crippen LogP contribution in [0.5, 0.6) is 0 Å². The summed E-state index contributed by atoms with van der Waals surface area (Å²) in [5.41, 5.74) is 0. The van der Waals surface area contributed by atoms with Gasteiger partial charge in [-0.3, -0.25) is 0 Å². The van der Waals surface area contributed by atoms with Crippen molar-refractivity contribution in [2.75, 3.05) is 6.61 Å². The third kappa shape index (κ3) is 9.79. The first kappa shape index (κ1) is 26.2. The Labute approximate surface area is 176 Å². The summed E-state index contributed by atoms with van der Waals surface area (Å²) in [6.07, 6.45) is -2.01. The molecule has 6 nitrogen and oxygen atoms in total. The van der Waals surface area contributed by atoms with Gasteiger partial charge in [0.2, 0.25) is 0 Å². The number of hydrogen-bond donors (Lipinski definition) is 0. The highest BCUT2D eigenvalue weighted by atomic mass is 28.4. The molecule has 1 rings (SSSR count). The van der Waals surface area contributed by atoms with Crippen LogP contribution in [0.4, 0.5) is 0 Å². The standard InChI is InChI=1S/C18H42O6Si4/c1-25(2,3)20-13-14(22-26(4,5)6)15-16(23-27(7,8)9)17(18(19)21-15)24-28(10,11)12/h14-17H,13H2,1-12H3/t14?,15?,16-,17-/m1/s1. The fraction of sp³-hybridized carbons (Fsp3) is 0.944. The van der Waals surface area contributed by atoms with Gasteiger partial charge in [-0.15, -0.1) is 0 Å². The van der Waals surface area contributed by atoms with Crippen LogP contribution in [0.15, 0.2) is 0 Å². The minimum absolute atomic E-state index is 0.340. The minimum Gasteiger partial charge on any atom is -0.455 e. The number of carbonyl (C=O) groups is 1. The van der Waals surface area contributed by atoms with E-state index in [0.29, 0.717) is 6.61 Å². The predicted octanol–water partition coefficient (Wildman–Crippen LogP) is 4.42. The van der Waals surface area contributed by atoms with Gasteiger partial charge in [0.15, 0.2) is 45.5 Å². The van der Waals surface area contributed by atoms with Crippen molar-refractivity contribution in [1.82, 2.24) is 0 Å². The van der Waals surface area contributed by atoms with Crippen LogP contribution in [0.25, 0.3) is 0 Å². The number of rotatable bonds is 10. The van der Waals surface area contributed by atoms with Crippen molar-refractivity contribution in [1.29, 1.82) is 0 Å². The lowest BCUT2D eigenvalue weighted by atomic mass is 10.1. The van der Waals surface area contributed by atoms with Crippen LogP contribution in [-0.2, 0) is 27.2 Å². The Morgan fingerprint density at radius 2 is 1.29 bits per heavy atom. The second-order valence-corrected chi connectivity index (χ2v) is 29.3. The molecule has 4 atom stereocenters. The maximum absolute atomic E-state index is 12.8. The van der Waals surface area contributed by atoms with Gasteiger partial charge >= 0.3 is 5.97 Å². The van der Waals surface area contributed by atoms with Gasteiger partial charge in [-0.2, -0.15) is 0 Å². The van der Waals surface area contributed by atoms with Gasteiger partial charge in [0.1, 0.15) is 12.2 Å². The van der Waals surface area contributed by atoms with E-state index in [1.807, 2.05) is 0 Å². The molecule has 0 aliphatic carbocycles. The zero-order valence-electron chi connectivity index (χ0n) is 20.0. The van der Waals surface area contributed by atoms with E-state index in [0.717, 1.165) is 0 Å². The van der Waals surface area contributed by atoms with E-state index in [4.69, 9.17) is 22.4 Å². The lowest BCUT2D eigenvalue weighted by molar-refractivity contribution is -0.150. The Balaban J connectivity index is 3.20. The molecule has 1 saturated heterocycles. The molecule has 10 heteroatoms. The molecule has 28 heavy (non-hydrogen) atoms. The summed E-state index contributed by atoms with van der Waals surface area (Å²) in [5.74, 6) is -0.340. The van der Waals surface area contributed by atoms with Gasteiger partial charge in [0.05, 0.1) is 6.61 Å². The van der Waals surface area contributed by atoms with Crippen molar-refractivity contribution in [3.63, 3.8) is 0 Å². The van der Waals surface area contributed by atoms with E-state index in [9.17, 15) is 4.79 Å². The Kier molecular flexibility index (Phi) is 8.54. The van der Waals surface area contributed by atoms with Crippen LogP contribution in [0.3, 0.4) is 0 Å². The van der Waals surface area contributed by atoms with Crippen molar-refractivity contribution >= 4 is 39.2 Å². The fourth-order valence-electron chi connectivity index (χ4n) is 2.88. The molecule has 0 amide bonds.